The lowest BCUT2D eigenvalue weighted by molar-refractivity contribution is 0.0638. The molecule has 192 valence electrons. The molecule has 0 bridgehead atoms. The molecule has 36 heavy (non-hydrogen) atoms. The van der Waals surface area contributed by atoms with Crippen LogP contribution >= 0.6 is 0 Å². The van der Waals surface area contributed by atoms with Gasteiger partial charge in [0.05, 0.1) is 6.10 Å². The summed E-state index contributed by atoms with van der Waals surface area (Å²) in [7, 11) is 0. The maximum absolute atomic E-state index is 13.5. The van der Waals surface area contributed by atoms with Gasteiger partial charge in [0.1, 0.15) is 12.4 Å². The number of carbonyl (C=O) groups is 1. The second-order valence-corrected chi connectivity index (χ2v) is 11.5. The third-order valence-electron chi connectivity index (χ3n) is 8.85. The van der Waals surface area contributed by atoms with Crippen molar-refractivity contribution in [2.45, 2.75) is 77.0 Å². The van der Waals surface area contributed by atoms with Crippen molar-refractivity contribution in [2.24, 2.45) is 5.92 Å². The Bertz CT molecular complexity index is 1090. The van der Waals surface area contributed by atoms with E-state index in [9.17, 15) is 4.79 Å². The first kappa shape index (κ1) is 24.0. The van der Waals surface area contributed by atoms with E-state index >= 15 is 0 Å². The van der Waals surface area contributed by atoms with Gasteiger partial charge >= 0.3 is 0 Å². The second kappa shape index (κ2) is 10.5. The van der Waals surface area contributed by atoms with Gasteiger partial charge in [-0.15, -0.1) is 0 Å². The molecule has 3 heterocycles. The minimum Gasteiger partial charge on any atom is -0.491 e. The van der Waals surface area contributed by atoms with E-state index in [0.717, 1.165) is 81.0 Å². The topological polar surface area (TPSA) is 42.0 Å². The van der Waals surface area contributed by atoms with Crippen LogP contribution in [0.25, 0.3) is 0 Å². The number of amides is 1. The number of hydrogen-bond donors (Lipinski definition) is 0. The first-order valence-corrected chi connectivity index (χ1v) is 14.1. The maximum Gasteiger partial charge on any atom is 0.254 e. The van der Waals surface area contributed by atoms with E-state index in [1.807, 2.05) is 12.1 Å². The van der Waals surface area contributed by atoms with Gasteiger partial charge in [-0.25, -0.2) is 0 Å². The highest BCUT2D eigenvalue weighted by Gasteiger charge is 2.32. The zero-order chi connectivity index (χ0) is 24.5. The summed E-state index contributed by atoms with van der Waals surface area (Å²) in [5.74, 6) is 1.91. The van der Waals surface area contributed by atoms with Crippen LogP contribution in [0.4, 0.5) is 0 Å². The molecule has 2 aromatic carbocycles. The highest BCUT2D eigenvalue weighted by Crippen LogP contribution is 2.31. The fraction of sp³-hybridized carbons (Fsp3) is 0.581. The van der Waals surface area contributed by atoms with Gasteiger partial charge in [0.2, 0.25) is 0 Å². The summed E-state index contributed by atoms with van der Waals surface area (Å²) >= 11 is 0. The maximum atomic E-state index is 13.5. The van der Waals surface area contributed by atoms with Crippen LogP contribution < -0.4 is 4.74 Å². The van der Waals surface area contributed by atoms with Crippen molar-refractivity contribution >= 4 is 5.91 Å². The van der Waals surface area contributed by atoms with Crippen LogP contribution in [0.2, 0.25) is 0 Å². The van der Waals surface area contributed by atoms with E-state index in [1.54, 1.807) is 0 Å². The number of aryl methyl sites for hydroxylation is 1. The zero-order valence-electron chi connectivity index (χ0n) is 21.7. The lowest BCUT2D eigenvalue weighted by atomic mass is 9.85. The number of ether oxygens (including phenoxy) is 2. The number of piperidine rings is 1. The zero-order valence-corrected chi connectivity index (χ0v) is 21.7. The highest BCUT2D eigenvalue weighted by atomic mass is 16.5. The number of hydrogen-bond acceptors (Lipinski definition) is 4. The molecule has 6 rings (SSSR count). The largest absolute Gasteiger partial charge is 0.491 e. The summed E-state index contributed by atoms with van der Waals surface area (Å²) in [6, 6.07) is 13.4. The molecular formula is C31H40N2O3. The first-order chi connectivity index (χ1) is 17.6. The van der Waals surface area contributed by atoms with Gasteiger partial charge in [-0.2, -0.15) is 0 Å². The predicted octanol–water partition coefficient (Wildman–Crippen LogP) is 5.03. The van der Waals surface area contributed by atoms with Gasteiger partial charge in [-0.1, -0.05) is 25.1 Å². The van der Waals surface area contributed by atoms with E-state index in [0.29, 0.717) is 12.6 Å². The quantitative estimate of drug-likeness (QED) is 0.572. The van der Waals surface area contributed by atoms with Gasteiger partial charge in [0.25, 0.3) is 5.91 Å². The minimum atomic E-state index is 0.186. The number of fused-ring (bicyclic) bond motifs is 2. The Hall–Kier alpha value is -2.37. The molecule has 0 spiro atoms. The van der Waals surface area contributed by atoms with Crippen LogP contribution in [0.15, 0.2) is 36.4 Å². The molecule has 5 heteroatoms. The minimum absolute atomic E-state index is 0.186. The van der Waals surface area contributed by atoms with E-state index in [-0.39, 0.29) is 12.0 Å². The van der Waals surface area contributed by atoms with Crippen LogP contribution in [0, 0.1) is 5.92 Å². The lowest BCUT2D eigenvalue weighted by Crippen LogP contribution is -2.47. The average Bonchev–Trinajstić information content (AvgIpc) is 3.43. The average molecular weight is 489 g/mol. The molecule has 0 radical (unpaired) electrons. The molecule has 4 aliphatic rings. The van der Waals surface area contributed by atoms with Crippen molar-refractivity contribution in [3.8, 4) is 5.75 Å². The molecule has 0 N–H and O–H groups in total. The molecule has 0 aromatic heterocycles. The first-order valence-electron chi connectivity index (χ1n) is 14.1. The van der Waals surface area contributed by atoms with Crippen molar-refractivity contribution in [1.29, 1.82) is 0 Å². The fourth-order valence-corrected chi connectivity index (χ4v) is 6.52. The van der Waals surface area contributed by atoms with Gasteiger partial charge in [-0.3, -0.25) is 9.69 Å². The summed E-state index contributed by atoms with van der Waals surface area (Å²) in [6.45, 7) is 8.13. The van der Waals surface area contributed by atoms with Crippen molar-refractivity contribution in [3.63, 3.8) is 0 Å². The Morgan fingerprint density at radius 2 is 1.83 bits per heavy atom. The lowest BCUT2D eigenvalue weighted by Gasteiger charge is -2.38. The van der Waals surface area contributed by atoms with Gasteiger partial charge in [-0.05, 0) is 111 Å². The number of likely N-dealkylation sites (tertiary alicyclic amines) is 1. The number of benzene rings is 2. The van der Waals surface area contributed by atoms with Crippen molar-refractivity contribution in [2.75, 3.05) is 32.8 Å². The summed E-state index contributed by atoms with van der Waals surface area (Å²) in [5.41, 5.74) is 6.34. The van der Waals surface area contributed by atoms with Gasteiger partial charge < -0.3 is 14.4 Å². The Morgan fingerprint density at radius 3 is 2.67 bits per heavy atom. The van der Waals surface area contributed by atoms with Crippen LogP contribution in [-0.4, -0.2) is 60.7 Å². The molecule has 2 saturated heterocycles. The molecule has 0 unspecified atom stereocenters. The third kappa shape index (κ3) is 5.19. The fourth-order valence-electron chi connectivity index (χ4n) is 6.52. The Kier molecular flexibility index (Phi) is 7.03. The van der Waals surface area contributed by atoms with Crippen molar-refractivity contribution in [1.82, 2.24) is 9.80 Å². The third-order valence-corrected chi connectivity index (χ3v) is 8.85. The molecule has 5 nitrogen and oxygen atoms in total. The molecule has 2 fully saturated rings. The molecule has 2 atom stereocenters. The molecular weight excluding hydrogens is 448 g/mol. The molecule has 0 saturated carbocycles. The SMILES string of the molecule is CC1CCN(Cc2ccc3c(c2)CC[C@H](N2CCc4cc(OC[C@@H]5CCCO5)ccc4C2=O)C3)CC1. The Balaban J connectivity index is 1.07. The Labute approximate surface area is 215 Å². The summed E-state index contributed by atoms with van der Waals surface area (Å²) in [5, 5.41) is 0. The normalized spacial score (nSPS) is 25.0. The molecule has 2 aromatic rings. The predicted molar refractivity (Wildman–Crippen MR) is 142 cm³/mol. The number of nitrogens with zero attached hydrogens (tertiary/aromatic N) is 2. The standard InChI is InChI=1S/C31H40N2O3/c1-22-10-13-32(14-11-22)20-23-4-5-25-18-27(7-6-24(25)17-23)33-15-12-26-19-28(8-9-30(26)31(33)34)36-21-29-3-2-16-35-29/h4-5,8-9,17,19,22,27,29H,2-3,6-7,10-16,18,20-21H2,1H3/t27-,29-/m0/s1. The second-order valence-electron chi connectivity index (χ2n) is 11.5. The molecule has 1 amide bonds. The van der Waals surface area contributed by atoms with Crippen LogP contribution in [-0.2, 0) is 30.5 Å². The van der Waals surface area contributed by atoms with Crippen LogP contribution in [0.5, 0.6) is 5.75 Å². The summed E-state index contributed by atoms with van der Waals surface area (Å²) in [6.07, 6.45) is 9.04. The van der Waals surface area contributed by atoms with Gasteiger partial charge in [0.15, 0.2) is 0 Å². The van der Waals surface area contributed by atoms with E-state index in [1.165, 1.54) is 42.6 Å². The van der Waals surface area contributed by atoms with E-state index in [2.05, 4.69) is 41.0 Å². The molecule has 1 aliphatic carbocycles. The van der Waals surface area contributed by atoms with Crippen molar-refractivity contribution < 1.29 is 14.3 Å². The monoisotopic (exact) mass is 488 g/mol. The number of carbonyl (C=O) groups excluding carboxylic acids is 1. The van der Waals surface area contributed by atoms with E-state index < -0.39 is 0 Å². The van der Waals surface area contributed by atoms with Crippen molar-refractivity contribution in [3.05, 3.63) is 64.2 Å². The van der Waals surface area contributed by atoms with Gasteiger partial charge in [0, 0.05) is 31.3 Å². The molecule has 3 aliphatic heterocycles. The smallest absolute Gasteiger partial charge is 0.254 e. The van der Waals surface area contributed by atoms with Crippen LogP contribution in [0.3, 0.4) is 0 Å². The van der Waals surface area contributed by atoms with Crippen LogP contribution in [0.1, 0.15) is 71.6 Å². The summed E-state index contributed by atoms with van der Waals surface area (Å²) in [4.78, 5) is 18.2. The van der Waals surface area contributed by atoms with E-state index in [4.69, 9.17) is 9.47 Å². The summed E-state index contributed by atoms with van der Waals surface area (Å²) < 4.78 is 11.6. The Morgan fingerprint density at radius 1 is 0.944 bits per heavy atom. The number of rotatable bonds is 6. The highest BCUT2D eigenvalue weighted by molar-refractivity contribution is 5.97.